The van der Waals surface area contributed by atoms with Crippen LogP contribution < -0.4 is 19.3 Å². The maximum atomic E-state index is 13.6. The highest BCUT2D eigenvalue weighted by molar-refractivity contribution is 6.36. The quantitative estimate of drug-likeness (QED) is 0.171. The minimum Gasteiger partial charge on any atom is -0.507 e. The monoisotopic (exact) mass is 765 g/mol. The fourth-order valence-electron chi connectivity index (χ4n) is 8.19. The SMILES string of the molecule is C=CC(O)N1CCN(c2nc(OCC3CCN(C(=O)c4cc(C(C)C)c(OC)cc4O)C3)nc3c2CCN(c2cccc4cccc(Cl)c24)C3)C[C@@H]1CC#N. The maximum absolute atomic E-state index is 13.6. The molecule has 0 bridgehead atoms. The van der Waals surface area contributed by atoms with E-state index < -0.39 is 6.23 Å². The summed E-state index contributed by atoms with van der Waals surface area (Å²) in [5.74, 6) is 1.17. The Hall–Kier alpha value is -5.09. The number of carbonyl (C=O) groups is 1. The number of aromatic hydroxyl groups is 1. The number of anilines is 2. The third-order valence-electron chi connectivity index (χ3n) is 11.1. The number of rotatable bonds is 11. The van der Waals surface area contributed by atoms with Gasteiger partial charge in [-0.3, -0.25) is 9.69 Å². The Kier molecular flexibility index (Phi) is 11.3. The first-order chi connectivity index (χ1) is 26.6. The van der Waals surface area contributed by atoms with Gasteiger partial charge in [0.15, 0.2) is 0 Å². The van der Waals surface area contributed by atoms with Crippen molar-refractivity contribution in [2.45, 2.75) is 57.8 Å². The first kappa shape index (κ1) is 38.2. The van der Waals surface area contributed by atoms with Gasteiger partial charge in [-0.05, 0) is 54.0 Å². The van der Waals surface area contributed by atoms with Crippen LogP contribution in [0.5, 0.6) is 17.5 Å². The van der Waals surface area contributed by atoms with Gasteiger partial charge in [0.25, 0.3) is 5.91 Å². The molecule has 12 nitrogen and oxygen atoms in total. The van der Waals surface area contributed by atoms with Gasteiger partial charge in [-0.25, -0.2) is 0 Å². The summed E-state index contributed by atoms with van der Waals surface area (Å²) in [7, 11) is 1.56. The van der Waals surface area contributed by atoms with Crippen LogP contribution in [-0.2, 0) is 13.0 Å². The summed E-state index contributed by atoms with van der Waals surface area (Å²) in [5, 5.41) is 33.8. The molecule has 1 aromatic heterocycles. The van der Waals surface area contributed by atoms with Crippen LogP contribution in [0.15, 0.2) is 61.2 Å². The standard InChI is InChI=1S/C42H48ClN7O5/c1-5-38(52)50-19-18-48(23-29(50)12-15-44)40-30-14-17-47(35-11-7-9-28-8-6-10-33(43)39(28)35)24-34(30)45-42(46-40)55-25-27-13-16-49(22-27)41(53)32-20-31(26(2)3)37(54-4)21-36(32)51/h5-11,20-21,26-27,29,38,51-52H,1,12-14,16-19,22-25H2,2-4H3/t27?,29-,38?/m0/s1. The van der Waals surface area contributed by atoms with E-state index in [4.69, 9.17) is 31.0 Å². The molecule has 0 radical (unpaired) electrons. The van der Waals surface area contributed by atoms with Crippen molar-refractivity contribution in [3.05, 3.63) is 88.6 Å². The summed E-state index contributed by atoms with van der Waals surface area (Å²) >= 11 is 6.75. The van der Waals surface area contributed by atoms with E-state index in [2.05, 4.69) is 40.6 Å². The Labute approximate surface area is 327 Å². The summed E-state index contributed by atoms with van der Waals surface area (Å²) in [5.41, 5.74) is 4.07. The van der Waals surface area contributed by atoms with Crippen molar-refractivity contribution in [2.75, 3.05) is 62.8 Å². The largest absolute Gasteiger partial charge is 0.507 e. The summed E-state index contributed by atoms with van der Waals surface area (Å²) in [4.78, 5) is 31.8. The summed E-state index contributed by atoms with van der Waals surface area (Å²) in [6.07, 6.45) is 2.32. The number of aliphatic hydroxyl groups excluding tert-OH is 1. The van der Waals surface area contributed by atoms with Gasteiger partial charge in [0.1, 0.15) is 23.5 Å². The summed E-state index contributed by atoms with van der Waals surface area (Å²) < 4.78 is 11.9. The van der Waals surface area contributed by atoms with Crippen molar-refractivity contribution < 1.29 is 24.5 Å². The predicted molar refractivity (Wildman–Crippen MR) is 213 cm³/mol. The fraction of sp³-hybridized carbons (Fsp3) is 0.429. The number of amides is 1. The molecule has 2 saturated heterocycles. The molecule has 0 spiro atoms. The number of nitrogens with zero attached hydrogens (tertiary/aromatic N) is 7. The van der Waals surface area contributed by atoms with Crippen LogP contribution in [0.25, 0.3) is 10.8 Å². The lowest BCUT2D eigenvalue weighted by atomic mass is 9.98. The Morgan fingerprint density at radius 1 is 1.11 bits per heavy atom. The van der Waals surface area contributed by atoms with Crippen LogP contribution >= 0.6 is 11.6 Å². The smallest absolute Gasteiger partial charge is 0.318 e. The zero-order valence-corrected chi connectivity index (χ0v) is 32.4. The lowest BCUT2D eigenvalue weighted by Gasteiger charge is -2.43. The molecular weight excluding hydrogens is 718 g/mol. The molecular formula is C42H48ClN7O5. The molecule has 1 amide bonds. The molecule has 55 heavy (non-hydrogen) atoms. The number of piperazine rings is 1. The van der Waals surface area contributed by atoms with Crippen LogP contribution in [0, 0.1) is 17.2 Å². The molecule has 3 aliphatic heterocycles. The number of aromatic nitrogens is 2. The number of ether oxygens (including phenoxy) is 2. The van der Waals surface area contributed by atoms with E-state index >= 15 is 0 Å². The van der Waals surface area contributed by atoms with Crippen molar-refractivity contribution in [1.82, 2.24) is 19.8 Å². The van der Waals surface area contributed by atoms with Crippen LogP contribution in [-0.4, -0.2) is 101 Å². The molecule has 0 saturated carbocycles. The third kappa shape index (κ3) is 7.74. The van der Waals surface area contributed by atoms with Crippen LogP contribution in [0.4, 0.5) is 11.5 Å². The normalized spacial score (nSPS) is 19.3. The van der Waals surface area contributed by atoms with Gasteiger partial charge in [0, 0.05) is 73.9 Å². The Morgan fingerprint density at radius 3 is 2.65 bits per heavy atom. The molecule has 3 aromatic carbocycles. The zero-order valence-electron chi connectivity index (χ0n) is 31.6. The Bertz CT molecular complexity index is 2120. The van der Waals surface area contributed by atoms with Crippen LogP contribution in [0.1, 0.15) is 59.8 Å². The number of hydrogen-bond donors (Lipinski definition) is 2. The molecule has 3 aliphatic rings. The predicted octanol–water partition coefficient (Wildman–Crippen LogP) is 6.13. The highest BCUT2D eigenvalue weighted by Crippen LogP contribution is 2.38. The Balaban J connectivity index is 1.14. The number of phenols is 1. The summed E-state index contributed by atoms with van der Waals surface area (Å²) in [6, 6.07) is 17.7. The number of aliphatic hydroxyl groups is 1. The number of likely N-dealkylation sites (tertiary alicyclic amines) is 1. The number of carbonyl (C=O) groups excluding carboxylic acids is 1. The molecule has 2 fully saturated rings. The van der Waals surface area contributed by atoms with Crippen molar-refractivity contribution in [3.8, 4) is 23.6 Å². The van der Waals surface area contributed by atoms with E-state index in [0.717, 1.165) is 52.1 Å². The average molecular weight is 766 g/mol. The minimum absolute atomic E-state index is 0.0373. The van der Waals surface area contributed by atoms with Crippen molar-refractivity contribution >= 4 is 39.8 Å². The first-order valence-electron chi connectivity index (χ1n) is 18.9. The van der Waals surface area contributed by atoms with Crippen molar-refractivity contribution in [1.29, 1.82) is 5.26 Å². The second-order valence-electron chi connectivity index (χ2n) is 14.9. The van der Waals surface area contributed by atoms with Gasteiger partial charge in [0.05, 0.1) is 49.0 Å². The number of halogens is 1. The van der Waals surface area contributed by atoms with E-state index in [1.54, 1.807) is 18.1 Å². The molecule has 4 heterocycles. The van der Waals surface area contributed by atoms with Gasteiger partial charge >= 0.3 is 6.01 Å². The van der Waals surface area contributed by atoms with Gasteiger partial charge in [-0.15, -0.1) is 0 Å². The number of benzene rings is 3. The first-order valence-corrected chi connectivity index (χ1v) is 19.3. The molecule has 2 N–H and O–H groups in total. The lowest BCUT2D eigenvalue weighted by molar-refractivity contribution is 0.00430. The average Bonchev–Trinajstić information content (AvgIpc) is 3.68. The van der Waals surface area contributed by atoms with Crippen LogP contribution in [0.3, 0.4) is 0 Å². The lowest BCUT2D eigenvalue weighted by Crippen LogP contribution is -2.56. The van der Waals surface area contributed by atoms with Gasteiger partial charge in [-0.2, -0.15) is 15.2 Å². The number of methoxy groups -OCH3 is 1. The second kappa shape index (κ2) is 16.3. The van der Waals surface area contributed by atoms with Crippen LogP contribution in [0.2, 0.25) is 5.02 Å². The Morgan fingerprint density at radius 2 is 1.91 bits per heavy atom. The summed E-state index contributed by atoms with van der Waals surface area (Å²) in [6.45, 7) is 12.0. The zero-order chi connectivity index (χ0) is 38.8. The molecule has 288 valence electrons. The van der Waals surface area contributed by atoms with Crippen molar-refractivity contribution in [3.63, 3.8) is 0 Å². The molecule has 13 heteroatoms. The van der Waals surface area contributed by atoms with E-state index in [1.807, 2.05) is 36.9 Å². The third-order valence-corrected chi connectivity index (χ3v) is 11.4. The number of phenolic OH excluding ortho intramolecular Hbond substituents is 1. The highest BCUT2D eigenvalue weighted by atomic mass is 35.5. The van der Waals surface area contributed by atoms with E-state index in [1.165, 1.54) is 12.1 Å². The van der Waals surface area contributed by atoms with Gasteiger partial charge < -0.3 is 34.4 Å². The van der Waals surface area contributed by atoms with E-state index in [-0.39, 0.29) is 47.5 Å². The van der Waals surface area contributed by atoms with Gasteiger partial charge in [-0.1, -0.05) is 56.3 Å². The molecule has 2 unspecified atom stereocenters. The van der Waals surface area contributed by atoms with Gasteiger partial charge in [0.2, 0.25) is 0 Å². The molecule has 0 aliphatic carbocycles. The second-order valence-corrected chi connectivity index (χ2v) is 15.3. The van der Waals surface area contributed by atoms with E-state index in [9.17, 15) is 20.3 Å². The maximum Gasteiger partial charge on any atom is 0.318 e. The number of fused-ring (bicyclic) bond motifs is 2. The number of nitriles is 1. The molecule has 4 aromatic rings. The minimum atomic E-state index is -0.844. The fourth-order valence-corrected chi connectivity index (χ4v) is 8.47. The molecule has 3 atom stereocenters. The topological polar surface area (TPSA) is 139 Å². The molecule has 7 rings (SSSR count). The van der Waals surface area contributed by atoms with Crippen molar-refractivity contribution in [2.24, 2.45) is 5.92 Å². The van der Waals surface area contributed by atoms with E-state index in [0.29, 0.717) is 63.1 Å². The number of hydrogen-bond acceptors (Lipinski definition) is 11. The highest BCUT2D eigenvalue weighted by Gasteiger charge is 2.35.